The number of ether oxygens (including phenoxy) is 1. The minimum absolute atomic E-state index is 0.0901. The van der Waals surface area contributed by atoms with Crippen molar-refractivity contribution in [3.63, 3.8) is 0 Å². The molecule has 24 heavy (non-hydrogen) atoms. The van der Waals surface area contributed by atoms with E-state index in [1.807, 2.05) is 24.3 Å². The lowest BCUT2D eigenvalue weighted by molar-refractivity contribution is 0.0585. The van der Waals surface area contributed by atoms with Crippen molar-refractivity contribution in [3.05, 3.63) is 47.5 Å². The maximum Gasteiger partial charge on any atom is 0.272 e. The van der Waals surface area contributed by atoms with Crippen molar-refractivity contribution in [1.82, 2.24) is 19.7 Å². The van der Waals surface area contributed by atoms with Gasteiger partial charge in [-0.25, -0.2) is 0 Å². The van der Waals surface area contributed by atoms with Crippen molar-refractivity contribution in [2.24, 2.45) is 13.0 Å². The fourth-order valence-electron chi connectivity index (χ4n) is 2.69. The lowest BCUT2D eigenvalue weighted by atomic mass is 10.1. The van der Waals surface area contributed by atoms with Crippen LogP contribution in [0.3, 0.4) is 0 Å². The van der Waals surface area contributed by atoms with Crippen molar-refractivity contribution in [2.45, 2.75) is 26.3 Å². The first-order chi connectivity index (χ1) is 11.4. The van der Waals surface area contributed by atoms with Gasteiger partial charge in [0, 0.05) is 27.4 Å². The highest BCUT2D eigenvalue weighted by molar-refractivity contribution is 5.92. The van der Waals surface area contributed by atoms with Crippen LogP contribution in [0.15, 0.2) is 30.5 Å². The average Bonchev–Trinajstić information content (AvgIpc) is 2.91. The molecule has 0 aromatic carbocycles. The number of hydrogen-bond acceptors (Lipinski definition) is 4. The van der Waals surface area contributed by atoms with Crippen LogP contribution >= 0.6 is 0 Å². The van der Waals surface area contributed by atoms with E-state index in [-0.39, 0.29) is 11.9 Å². The van der Waals surface area contributed by atoms with E-state index in [1.165, 1.54) is 0 Å². The molecule has 0 aliphatic heterocycles. The molecule has 0 aliphatic rings. The highest BCUT2D eigenvalue weighted by Crippen LogP contribution is 2.20. The number of nitrogens with zero attached hydrogens (tertiary/aromatic N) is 4. The second kappa shape index (κ2) is 8.06. The molecule has 2 aromatic heterocycles. The monoisotopic (exact) mass is 330 g/mol. The maximum atomic E-state index is 12.9. The van der Waals surface area contributed by atoms with E-state index in [0.29, 0.717) is 18.2 Å². The number of methoxy groups -OCH3 is 1. The van der Waals surface area contributed by atoms with Crippen molar-refractivity contribution < 1.29 is 9.53 Å². The van der Waals surface area contributed by atoms with Gasteiger partial charge in [-0.15, -0.1) is 0 Å². The molecule has 1 amide bonds. The summed E-state index contributed by atoms with van der Waals surface area (Å²) in [6.07, 6.45) is 2.58. The minimum atomic E-state index is -0.243. The first-order valence-electron chi connectivity index (χ1n) is 8.14. The van der Waals surface area contributed by atoms with Crippen LogP contribution in [-0.4, -0.2) is 46.3 Å². The van der Waals surface area contributed by atoms with Gasteiger partial charge >= 0.3 is 0 Å². The Hall–Kier alpha value is -2.21. The van der Waals surface area contributed by atoms with Gasteiger partial charge in [0.25, 0.3) is 5.91 Å². The fourth-order valence-corrected chi connectivity index (χ4v) is 2.69. The topological polar surface area (TPSA) is 60.2 Å². The highest BCUT2D eigenvalue weighted by atomic mass is 16.5. The third-order valence-corrected chi connectivity index (χ3v) is 3.91. The molecule has 2 heterocycles. The van der Waals surface area contributed by atoms with Crippen LogP contribution in [0.25, 0.3) is 0 Å². The van der Waals surface area contributed by atoms with Crippen LogP contribution in [-0.2, 0) is 18.2 Å². The maximum absolute atomic E-state index is 12.9. The largest absolute Gasteiger partial charge is 0.382 e. The van der Waals surface area contributed by atoms with Crippen LogP contribution in [0.5, 0.6) is 0 Å². The Balaban J connectivity index is 2.25. The number of hydrogen-bond donors (Lipinski definition) is 0. The Morgan fingerprint density at radius 2 is 2.12 bits per heavy atom. The Morgan fingerprint density at radius 1 is 1.38 bits per heavy atom. The van der Waals surface area contributed by atoms with Crippen molar-refractivity contribution in [3.8, 4) is 0 Å². The fraction of sp³-hybridized carbons (Fsp3) is 0.500. The molecule has 0 bridgehead atoms. The summed E-state index contributed by atoms with van der Waals surface area (Å²) in [6.45, 7) is 4.66. The molecule has 6 heteroatoms. The van der Waals surface area contributed by atoms with Gasteiger partial charge in [0.2, 0.25) is 0 Å². The number of aromatic nitrogens is 3. The predicted molar refractivity (Wildman–Crippen MR) is 92.7 cm³/mol. The molecule has 0 spiro atoms. The normalized spacial score (nSPS) is 12.4. The van der Waals surface area contributed by atoms with E-state index in [1.54, 1.807) is 37.0 Å². The second-order valence-corrected chi connectivity index (χ2v) is 6.38. The number of rotatable bonds is 7. The summed E-state index contributed by atoms with van der Waals surface area (Å²) in [6, 6.07) is 7.30. The zero-order chi connectivity index (χ0) is 17.7. The van der Waals surface area contributed by atoms with Gasteiger partial charge in [-0.3, -0.25) is 14.5 Å². The van der Waals surface area contributed by atoms with Crippen molar-refractivity contribution >= 4 is 5.91 Å². The number of amides is 1. The van der Waals surface area contributed by atoms with Crippen molar-refractivity contribution in [1.29, 1.82) is 0 Å². The molecule has 0 saturated heterocycles. The third-order valence-electron chi connectivity index (χ3n) is 3.91. The molecule has 2 rings (SSSR count). The molecular formula is C18H26N4O2. The van der Waals surface area contributed by atoms with Gasteiger partial charge in [-0.05, 0) is 30.5 Å². The number of carbonyl (C=O) groups excluding carboxylic acids is 1. The summed E-state index contributed by atoms with van der Waals surface area (Å²) in [4.78, 5) is 19.0. The van der Waals surface area contributed by atoms with E-state index in [2.05, 4.69) is 23.9 Å². The Morgan fingerprint density at radius 3 is 2.71 bits per heavy atom. The molecular weight excluding hydrogens is 304 g/mol. The van der Waals surface area contributed by atoms with E-state index < -0.39 is 0 Å². The predicted octanol–water partition coefficient (Wildman–Crippen LogP) is 2.47. The van der Waals surface area contributed by atoms with Crippen LogP contribution in [0.4, 0.5) is 0 Å². The van der Waals surface area contributed by atoms with Gasteiger partial charge in [-0.2, -0.15) is 5.10 Å². The first kappa shape index (κ1) is 18.1. The summed E-state index contributed by atoms with van der Waals surface area (Å²) < 4.78 is 6.95. The standard InChI is InChI=1S/C18H26N4O2/c1-13(2)10-14-11-16(22(4)20-14)18(23)21(3)17(12-24-5)15-8-6-7-9-19-15/h6-9,11,13,17H,10,12H2,1-5H3/t17-/m1/s1. The van der Waals surface area contributed by atoms with E-state index >= 15 is 0 Å². The lowest BCUT2D eigenvalue weighted by Gasteiger charge is -2.27. The summed E-state index contributed by atoms with van der Waals surface area (Å²) in [5.74, 6) is 0.406. The van der Waals surface area contributed by atoms with Gasteiger partial charge in [0.05, 0.1) is 24.0 Å². The van der Waals surface area contributed by atoms with Gasteiger partial charge in [0.15, 0.2) is 0 Å². The molecule has 0 N–H and O–H groups in total. The zero-order valence-corrected chi connectivity index (χ0v) is 15.1. The van der Waals surface area contributed by atoms with E-state index in [9.17, 15) is 4.79 Å². The van der Waals surface area contributed by atoms with E-state index in [4.69, 9.17) is 4.74 Å². The summed E-state index contributed by atoms with van der Waals surface area (Å²) in [5.41, 5.74) is 2.32. The Labute approximate surface area is 143 Å². The summed E-state index contributed by atoms with van der Waals surface area (Å²) in [7, 11) is 5.20. The number of carbonyl (C=O) groups is 1. The Kier molecular flexibility index (Phi) is 6.09. The molecule has 0 saturated carbocycles. The number of likely N-dealkylation sites (N-methyl/N-ethyl adjacent to an activating group) is 1. The average molecular weight is 330 g/mol. The number of aryl methyl sites for hydroxylation is 1. The van der Waals surface area contributed by atoms with Gasteiger partial charge in [0.1, 0.15) is 5.69 Å². The van der Waals surface area contributed by atoms with Crippen LogP contribution < -0.4 is 0 Å². The quantitative estimate of drug-likeness (QED) is 0.782. The Bertz CT molecular complexity index is 667. The highest BCUT2D eigenvalue weighted by Gasteiger charge is 2.26. The molecule has 130 valence electrons. The molecule has 2 aromatic rings. The summed E-state index contributed by atoms with van der Waals surface area (Å²) >= 11 is 0. The van der Waals surface area contributed by atoms with Crippen LogP contribution in [0.1, 0.15) is 41.8 Å². The molecule has 0 radical (unpaired) electrons. The molecule has 0 aliphatic carbocycles. The summed E-state index contributed by atoms with van der Waals surface area (Å²) in [5, 5.41) is 4.45. The van der Waals surface area contributed by atoms with Gasteiger partial charge in [-0.1, -0.05) is 19.9 Å². The van der Waals surface area contributed by atoms with Crippen LogP contribution in [0, 0.1) is 5.92 Å². The SMILES string of the molecule is COC[C@H](c1ccccn1)N(C)C(=O)c1cc(CC(C)C)nn1C. The number of pyridine rings is 1. The smallest absolute Gasteiger partial charge is 0.272 e. The molecule has 1 atom stereocenters. The molecule has 0 unspecified atom stereocenters. The second-order valence-electron chi connectivity index (χ2n) is 6.38. The third kappa shape index (κ3) is 4.20. The van der Waals surface area contributed by atoms with Crippen molar-refractivity contribution in [2.75, 3.05) is 20.8 Å². The van der Waals surface area contributed by atoms with E-state index in [0.717, 1.165) is 17.8 Å². The molecule has 6 nitrogen and oxygen atoms in total. The first-order valence-corrected chi connectivity index (χ1v) is 8.14. The molecule has 0 fully saturated rings. The van der Waals surface area contributed by atoms with Gasteiger partial charge < -0.3 is 9.64 Å². The minimum Gasteiger partial charge on any atom is -0.382 e. The van der Waals surface area contributed by atoms with Crippen LogP contribution in [0.2, 0.25) is 0 Å². The lowest BCUT2D eigenvalue weighted by Crippen LogP contribution is -2.35. The zero-order valence-electron chi connectivity index (χ0n) is 15.1.